The number of rotatable bonds is 3. The molecular weight excluding hydrogens is 408 g/mol. The number of aromatic hydroxyl groups is 2. The van der Waals surface area contributed by atoms with Gasteiger partial charge in [-0.3, -0.25) is 14.4 Å². The fraction of sp³-hybridized carbons (Fsp3) is 0.318. The van der Waals surface area contributed by atoms with Gasteiger partial charge in [0.2, 0.25) is 5.78 Å². The van der Waals surface area contributed by atoms with Crippen molar-refractivity contribution in [2.75, 3.05) is 7.11 Å². The quantitative estimate of drug-likeness (QED) is 0.375. The van der Waals surface area contributed by atoms with Gasteiger partial charge in [0.05, 0.1) is 29.9 Å². The Labute approximate surface area is 176 Å². The Morgan fingerprint density at radius 3 is 2.39 bits per heavy atom. The molecule has 2 aromatic rings. The summed E-state index contributed by atoms with van der Waals surface area (Å²) in [7, 11) is 1.32. The molecule has 5 N–H and O–H groups in total. The highest BCUT2D eigenvalue weighted by Crippen LogP contribution is 2.51. The van der Waals surface area contributed by atoms with Gasteiger partial charge in [0, 0.05) is 29.5 Å². The summed E-state index contributed by atoms with van der Waals surface area (Å²) in [6, 6.07) is 4.34. The third kappa shape index (κ3) is 2.78. The molecule has 3 atom stereocenters. The van der Waals surface area contributed by atoms with E-state index in [0.717, 1.165) is 6.92 Å². The smallest absolute Gasteiger partial charge is 0.202 e. The van der Waals surface area contributed by atoms with Crippen molar-refractivity contribution in [2.24, 2.45) is 0 Å². The molecule has 9 nitrogen and oxygen atoms in total. The SMILES string of the molecule is COc1cccc2c1C(=O)c1c(O)c3c(c(O)c1C2=O)C[C@](O)(C(=O)C(C)O)CC3O. The third-order valence-electron chi connectivity index (χ3n) is 5.93. The lowest BCUT2D eigenvalue weighted by molar-refractivity contribution is -0.150. The van der Waals surface area contributed by atoms with Gasteiger partial charge in [-0.25, -0.2) is 0 Å². The molecule has 31 heavy (non-hydrogen) atoms. The number of carbonyl (C=O) groups excluding carboxylic acids is 3. The first-order valence-electron chi connectivity index (χ1n) is 9.53. The van der Waals surface area contributed by atoms with Crippen LogP contribution in [0.15, 0.2) is 18.2 Å². The lowest BCUT2D eigenvalue weighted by atomic mass is 9.71. The minimum absolute atomic E-state index is 0.0434. The van der Waals surface area contributed by atoms with Crippen LogP contribution in [0.5, 0.6) is 17.2 Å². The Kier molecular flexibility index (Phi) is 4.65. The Bertz CT molecular complexity index is 1160. The van der Waals surface area contributed by atoms with E-state index < -0.39 is 70.6 Å². The molecule has 0 fully saturated rings. The van der Waals surface area contributed by atoms with E-state index >= 15 is 0 Å². The van der Waals surface area contributed by atoms with Gasteiger partial charge in [-0.15, -0.1) is 0 Å². The number of fused-ring (bicyclic) bond motifs is 3. The number of ketones is 3. The van der Waals surface area contributed by atoms with Gasteiger partial charge < -0.3 is 30.3 Å². The highest BCUT2D eigenvalue weighted by molar-refractivity contribution is 6.31. The number of hydrogen-bond donors (Lipinski definition) is 5. The Balaban J connectivity index is 1.99. The van der Waals surface area contributed by atoms with Crippen molar-refractivity contribution in [2.45, 2.75) is 37.6 Å². The normalized spacial score (nSPS) is 22.9. The fourth-order valence-electron chi connectivity index (χ4n) is 4.52. The molecule has 0 aliphatic heterocycles. The number of ether oxygens (including phenoxy) is 1. The maximum absolute atomic E-state index is 13.2. The lowest BCUT2D eigenvalue weighted by Crippen LogP contribution is -2.49. The fourth-order valence-corrected chi connectivity index (χ4v) is 4.52. The number of Topliss-reactive ketones (excluding diaryl/α,β-unsaturated/α-hetero) is 1. The number of aliphatic hydroxyl groups is 3. The maximum atomic E-state index is 13.2. The Morgan fingerprint density at radius 1 is 1.13 bits per heavy atom. The summed E-state index contributed by atoms with van der Waals surface area (Å²) in [5.41, 5.74) is -3.81. The average molecular weight is 428 g/mol. The van der Waals surface area contributed by atoms with E-state index in [1.165, 1.54) is 25.3 Å². The van der Waals surface area contributed by atoms with Gasteiger partial charge in [-0.05, 0) is 13.0 Å². The molecule has 2 aliphatic carbocycles. The second-order valence-electron chi connectivity index (χ2n) is 7.85. The first kappa shape index (κ1) is 21.0. The van der Waals surface area contributed by atoms with Crippen molar-refractivity contribution < 1.29 is 44.7 Å². The summed E-state index contributed by atoms with van der Waals surface area (Å²) in [6.07, 6.45) is -4.33. The van der Waals surface area contributed by atoms with Gasteiger partial charge >= 0.3 is 0 Å². The molecule has 4 rings (SSSR count). The number of hydrogen-bond acceptors (Lipinski definition) is 9. The van der Waals surface area contributed by atoms with Crippen LogP contribution in [0.1, 0.15) is 62.4 Å². The minimum Gasteiger partial charge on any atom is -0.507 e. The van der Waals surface area contributed by atoms with E-state index in [9.17, 15) is 39.9 Å². The molecule has 0 radical (unpaired) electrons. The molecule has 0 heterocycles. The number of phenolic OH excluding ortho intramolecular Hbond substituents is 2. The first-order chi connectivity index (χ1) is 14.5. The highest BCUT2D eigenvalue weighted by atomic mass is 16.5. The standard InChI is InChI=1S/C22H20O9/c1-8(23)21(29)22(30)6-10-13(11(24)7-22)19(27)16-15(18(10)26)17(25)9-4-3-5-12(31-2)14(9)20(16)28/h3-5,8,11,23-24,26-27,30H,6-7H2,1-2H3/t8?,11?,22-/m1/s1. The largest absolute Gasteiger partial charge is 0.507 e. The van der Waals surface area contributed by atoms with Crippen molar-refractivity contribution in [3.63, 3.8) is 0 Å². The van der Waals surface area contributed by atoms with Gasteiger partial charge in [0.15, 0.2) is 11.6 Å². The van der Waals surface area contributed by atoms with Crippen molar-refractivity contribution in [1.82, 2.24) is 0 Å². The van der Waals surface area contributed by atoms with E-state index in [1.807, 2.05) is 0 Å². The second kappa shape index (κ2) is 6.88. The van der Waals surface area contributed by atoms with Gasteiger partial charge in [0.25, 0.3) is 0 Å². The van der Waals surface area contributed by atoms with E-state index in [-0.39, 0.29) is 28.0 Å². The van der Waals surface area contributed by atoms with Crippen LogP contribution in [0.2, 0.25) is 0 Å². The van der Waals surface area contributed by atoms with Crippen molar-refractivity contribution in [3.8, 4) is 17.2 Å². The molecule has 2 aromatic carbocycles. The van der Waals surface area contributed by atoms with E-state index in [2.05, 4.69) is 0 Å². The lowest BCUT2D eigenvalue weighted by Gasteiger charge is -2.37. The van der Waals surface area contributed by atoms with Crippen LogP contribution in [0.3, 0.4) is 0 Å². The zero-order valence-electron chi connectivity index (χ0n) is 16.7. The summed E-state index contributed by atoms with van der Waals surface area (Å²) in [5.74, 6) is -3.83. The van der Waals surface area contributed by atoms with E-state index in [0.29, 0.717) is 0 Å². The molecular formula is C22H20O9. The van der Waals surface area contributed by atoms with Crippen molar-refractivity contribution in [1.29, 1.82) is 0 Å². The highest BCUT2D eigenvalue weighted by Gasteiger charge is 2.49. The van der Waals surface area contributed by atoms with Gasteiger partial charge in [-0.2, -0.15) is 0 Å². The number of aliphatic hydroxyl groups excluding tert-OH is 2. The monoisotopic (exact) mass is 428 g/mol. The Hall–Kier alpha value is -3.27. The molecule has 0 spiro atoms. The topological polar surface area (TPSA) is 162 Å². The number of carbonyl (C=O) groups is 3. The van der Waals surface area contributed by atoms with Crippen LogP contribution in [-0.4, -0.2) is 61.7 Å². The van der Waals surface area contributed by atoms with E-state index in [4.69, 9.17) is 4.74 Å². The average Bonchev–Trinajstić information content (AvgIpc) is 2.72. The van der Waals surface area contributed by atoms with Crippen LogP contribution in [0.4, 0.5) is 0 Å². The maximum Gasteiger partial charge on any atom is 0.202 e. The molecule has 0 saturated carbocycles. The van der Waals surface area contributed by atoms with Gasteiger partial charge in [-0.1, -0.05) is 12.1 Å². The van der Waals surface area contributed by atoms with Crippen LogP contribution in [0, 0.1) is 0 Å². The van der Waals surface area contributed by atoms with Crippen LogP contribution in [-0.2, 0) is 11.2 Å². The summed E-state index contributed by atoms with van der Waals surface area (Å²) >= 11 is 0. The molecule has 0 aromatic heterocycles. The van der Waals surface area contributed by atoms with E-state index in [1.54, 1.807) is 0 Å². The first-order valence-corrected chi connectivity index (χ1v) is 9.53. The van der Waals surface area contributed by atoms with Crippen molar-refractivity contribution >= 4 is 17.3 Å². The van der Waals surface area contributed by atoms with Gasteiger partial charge in [0.1, 0.15) is 29.0 Å². The van der Waals surface area contributed by atoms with Crippen molar-refractivity contribution in [3.05, 3.63) is 51.6 Å². The molecule has 0 amide bonds. The number of phenols is 2. The molecule has 2 aliphatic rings. The predicted molar refractivity (Wildman–Crippen MR) is 105 cm³/mol. The predicted octanol–water partition coefficient (Wildman–Crippen LogP) is 0.542. The zero-order chi connectivity index (χ0) is 22.8. The summed E-state index contributed by atoms with van der Waals surface area (Å²) < 4.78 is 5.17. The number of benzene rings is 2. The summed E-state index contributed by atoms with van der Waals surface area (Å²) in [5, 5.41) is 52.7. The van der Waals surface area contributed by atoms with Crippen LogP contribution in [0.25, 0.3) is 0 Å². The second-order valence-corrected chi connectivity index (χ2v) is 7.85. The molecule has 2 unspecified atom stereocenters. The molecule has 162 valence electrons. The summed E-state index contributed by atoms with van der Waals surface area (Å²) in [6.45, 7) is 1.15. The van der Waals surface area contributed by atoms with Crippen LogP contribution < -0.4 is 4.74 Å². The summed E-state index contributed by atoms with van der Waals surface area (Å²) in [4.78, 5) is 38.7. The molecule has 0 bridgehead atoms. The van der Waals surface area contributed by atoms with Crippen LogP contribution >= 0.6 is 0 Å². The number of methoxy groups -OCH3 is 1. The minimum atomic E-state index is -2.23. The Morgan fingerprint density at radius 2 is 1.77 bits per heavy atom. The molecule has 9 heteroatoms. The molecule has 0 saturated heterocycles. The zero-order valence-corrected chi connectivity index (χ0v) is 16.7. The third-order valence-corrected chi connectivity index (χ3v) is 5.93.